The normalized spacial score (nSPS) is 11.5. The van der Waals surface area contributed by atoms with Crippen LogP contribution in [0.4, 0.5) is 0 Å². The van der Waals surface area contributed by atoms with Gasteiger partial charge in [0, 0.05) is 39.4 Å². The van der Waals surface area contributed by atoms with E-state index in [4.69, 9.17) is 28.9 Å². The van der Waals surface area contributed by atoms with Crippen LogP contribution in [0.3, 0.4) is 0 Å². The monoisotopic (exact) mass is 355 g/mol. The van der Waals surface area contributed by atoms with Gasteiger partial charge in [0.1, 0.15) is 0 Å². The molecule has 120 valence electrons. The number of pyridine rings is 1. The molecule has 0 unspecified atom stereocenters. The summed E-state index contributed by atoms with van der Waals surface area (Å²) in [5.74, 6) is 0. The Kier molecular flexibility index (Phi) is 3.93. The van der Waals surface area contributed by atoms with Crippen molar-refractivity contribution < 1.29 is 0 Å². The molecule has 0 radical (unpaired) electrons. The number of nitrogens with two attached hydrogens (primary N) is 1. The third-order valence-corrected chi connectivity index (χ3v) is 4.86. The van der Waals surface area contributed by atoms with Crippen LogP contribution in [0.15, 0.2) is 54.7 Å². The van der Waals surface area contributed by atoms with E-state index in [1.807, 2.05) is 30.5 Å². The van der Waals surface area contributed by atoms with Crippen molar-refractivity contribution in [2.45, 2.75) is 13.1 Å². The quantitative estimate of drug-likeness (QED) is 0.561. The molecule has 4 aromatic rings. The molecule has 2 aromatic heterocycles. The van der Waals surface area contributed by atoms with Gasteiger partial charge in [-0.3, -0.25) is 4.98 Å². The van der Waals surface area contributed by atoms with E-state index in [0.717, 1.165) is 27.7 Å². The van der Waals surface area contributed by atoms with Gasteiger partial charge in [-0.15, -0.1) is 0 Å². The van der Waals surface area contributed by atoms with Gasteiger partial charge in [0.25, 0.3) is 0 Å². The van der Waals surface area contributed by atoms with Crippen molar-refractivity contribution in [3.8, 4) is 0 Å². The summed E-state index contributed by atoms with van der Waals surface area (Å²) in [6.45, 7) is 1.06. The van der Waals surface area contributed by atoms with E-state index in [1.54, 1.807) is 6.07 Å². The lowest BCUT2D eigenvalue weighted by Crippen LogP contribution is -2.02. The van der Waals surface area contributed by atoms with Gasteiger partial charge in [-0.1, -0.05) is 41.4 Å². The number of benzene rings is 2. The number of hydrogen-bond donors (Lipinski definition) is 1. The largest absolute Gasteiger partial charge is 0.335 e. The van der Waals surface area contributed by atoms with Gasteiger partial charge in [-0.2, -0.15) is 0 Å². The summed E-state index contributed by atoms with van der Waals surface area (Å²) in [5.41, 5.74) is 9.81. The molecule has 0 saturated heterocycles. The van der Waals surface area contributed by atoms with Gasteiger partial charge in [0.05, 0.1) is 17.4 Å². The number of hydrogen-bond acceptors (Lipinski definition) is 2. The minimum atomic E-state index is 0.426. The summed E-state index contributed by atoms with van der Waals surface area (Å²) in [5, 5.41) is 3.72. The Labute approximate surface area is 149 Å². The molecule has 0 aliphatic heterocycles. The highest BCUT2D eigenvalue weighted by molar-refractivity contribution is 6.33. The van der Waals surface area contributed by atoms with Gasteiger partial charge >= 0.3 is 0 Å². The zero-order valence-electron chi connectivity index (χ0n) is 12.8. The molecular formula is C19H15Cl2N3. The van der Waals surface area contributed by atoms with Crippen LogP contribution in [-0.4, -0.2) is 9.55 Å². The zero-order valence-corrected chi connectivity index (χ0v) is 14.3. The molecule has 0 spiro atoms. The van der Waals surface area contributed by atoms with E-state index in [1.165, 1.54) is 5.39 Å². The summed E-state index contributed by atoms with van der Waals surface area (Å²) in [7, 11) is 0. The summed E-state index contributed by atoms with van der Waals surface area (Å²) < 4.78 is 2.22. The molecule has 0 saturated carbocycles. The summed E-state index contributed by atoms with van der Waals surface area (Å²) in [4.78, 5) is 4.46. The molecule has 0 atom stereocenters. The van der Waals surface area contributed by atoms with E-state index < -0.39 is 0 Å². The minimum absolute atomic E-state index is 0.426. The van der Waals surface area contributed by atoms with Gasteiger partial charge in [-0.05, 0) is 35.9 Å². The van der Waals surface area contributed by atoms with Crippen molar-refractivity contribution in [1.29, 1.82) is 0 Å². The molecule has 2 aromatic carbocycles. The van der Waals surface area contributed by atoms with Crippen LogP contribution >= 0.6 is 23.2 Å². The standard InChI is InChI=1S/C19H15Cl2N3/c20-13-5-6-17(21)12(7-13)11-24-18-4-2-1-3-15(18)16-8-14(9-22)23-10-19(16)24/h1-8,10H,9,11,22H2. The van der Waals surface area contributed by atoms with Gasteiger partial charge in [-0.25, -0.2) is 0 Å². The maximum Gasteiger partial charge on any atom is 0.0681 e. The maximum atomic E-state index is 6.36. The first kappa shape index (κ1) is 15.5. The molecule has 0 aliphatic carbocycles. The lowest BCUT2D eigenvalue weighted by molar-refractivity contribution is 0.865. The highest BCUT2D eigenvalue weighted by Gasteiger charge is 2.13. The second kappa shape index (κ2) is 6.10. The first-order chi connectivity index (χ1) is 11.7. The van der Waals surface area contributed by atoms with E-state index >= 15 is 0 Å². The minimum Gasteiger partial charge on any atom is -0.335 e. The SMILES string of the molecule is NCc1cc2c3ccccc3n(Cc3cc(Cl)ccc3Cl)c2cn1. The van der Waals surface area contributed by atoms with Crippen LogP contribution in [-0.2, 0) is 13.1 Å². The highest BCUT2D eigenvalue weighted by atomic mass is 35.5. The van der Waals surface area contributed by atoms with E-state index in [-0.39, 0.29) is 0 Å². The third-order valence-electron chi connectivity index (χ3n) is 4.26. The molecule has 2 N–H and O–H groups in total. The number of halogens is 2. The predicted octanol–water partition coefficient (Wildman–Crippen LogP) is 5.00. The van der Waals surface area contributed by atoms with Crippen LogP contribution in [0, 0.1) is 0 Å². The Hall–Kier alpha value is -2.07. The van der Waals surface area contributed by atoms with Crippen LogP contribution in [0.1, 0.15) is 11.3 Å². The van der Waals surface area contributed by atoms with Gasteiger partial charge < -0.3 is 10.3 Å². The van der Waals surface area contributed by atoms with Gasteiger partial charge in [0.2, 0.25) is 0 Å². The Morgan fingerprint density at radius 3 is 2.62 bits per heavy atom. The fraction of sp³-hybridized carbons (Fsp3) is 0.105. The average molecular weight is 356 g/mol. The van der Waals surface area contributed by atoms with Crippen molar-refractivity contribution in [3.05, 3.63) is 76.0 Å². The molecule has 5 heteroatoms. The molecule has 0 amide bonds. The lowest BCUT2D eigenvalue weighted by atomic mass is 10.1. The van der Waals surface area contributed by atoms with Crippen molar-refractivity contribution in [2.75, 3.05) is 0 Å². The van der Waals surface area contributed by atoms with Crippen molar-refractivity contribution in [2.24, 2.45) is 5.73 Å². The van der Waals surface area contributed by atoms with E-state index in [9.17, 15) is 0 Å². The smallest absolute Gasteiger partial charge is 0.0681 e. The number of para-hydroxylation sites is 1. The van der Waals surface area contributed by atoms with Crippen molar-refractivity contribution in [1.82, 2.24) is 9.55 Å². The molecule has 2 heterocycles. The molecular weight excluding hydrogens is 341 g/mol. The Balaban J connectivity index is 1.97. The number of nitrogens with zero attached hydrogens (tertiary/aromatic N) is 2. The topological polar surface area (TPSA) is 43.8 Å². The first-order valence-corrected chi connectivity index (χ1v) is 8.43. The fourth-order valence-electron chi connectivity index (χ4n) is 3.11. The van der Waals surface area contributed by atoms with Gasteiger partial charge in [0.15, 0.2) is 0 Å². The molecule has 3 nitrogen and oxygen atoms in total. The van der Waals surface area contributed by atoms with Crippen molar-refractivity contribution in [3.63, 3.8) is 0 Å². The highest BCUT2D eigenvalue weighted by Crippen LogP contribution is 2.31. The first-order valence-electron chi connectivity index (χ1n) is 7.67. The molecule has 0 fully saturated rings. The van der Waals surface area contributed by atoms with E-state index in [2.05, 4.69) is 27.8 Å². The lowest BCUT2D eigenvalue weighted by Gasteiger charge is -2.10. The summed E-state index contributed by atoms with van der Waals surface area (Å²) in [6.07, 6.45) is 1.88. The van der Waals surface area contributed by atoms with Crippen LogP contribution < -0.4 is 5.73 Å². The second-order valence-electron chi connectivity index (χ2n) is 5.74. The van der Waals surface area contributed by atoms with Crippen LogP contribution in [0.2, 0.25) is 10.0 Å². The Morgan fingerprint density at radius 1 is 0.958 bits per heavy atom. The molecule has 4 rings (SSSR count). The maximum absolute atomic E-state index is 6.36. The third kappa shape index (κ3) is 2.55. The average Bonchev–Trinajstić information content (AvgIpc) is 2.92. The zero-order chi connectivity index (χ0) is 16.7. The number of fused-ring (bicyclic) bond motifs is 3. The predicted molar refractivity (Wildman–Crippen MR) is 101 cm³/mol. The Morgan fingerprint density at radius 2 is 1.79 bits per heavy atom. The summed E-state index contributed by atoms with van der Waals surface area (Å²) in [6, 6.07) is 15.9. The Bertz CT molecular complexity index is 1050. The second-order valence-corrected chi connectivity index (χ2v) is 6.58. The van der Waals surface area contributed by atoms with Crippen LogP contribution in [0.25, 0.3) is 21.8 Å². The molecule has 0 aliphatic rings. The molecule has 24 heavy (non-hydrogen) atoms. The number of aromatic nitrogens is 2. The van der Waals surface area contributed by atoms with Crippen molar-refractivity contribution >= 4 is 45.0 Å². The van der Waals surface area contributed by atoms with Crippen LogP contribution in [0.5, 0.6) is 0 Å². The summed E-state index contributed by atoms with van der Waals surface area (Å²) >= 11 is 12.5. The fourth-order valence-corrected chi connectivity index (χ4v) is 3.48. The molecule has 0 bridgehead atoms. The van der Waals surface area contributed by atoms with E-state index in [0.29, 0.717) is 23.1 Å². The number of rotatable bonds is 3.